The maximum atomic E-state index is 11.2. The number of nitrogens with zero attached hydrogens (tertiary/aromatic N) is 1. The molecule has 0 amide bonds. The molecule has 0 aliphatic carbocycles. The maximum absolute atomic E-state index is 11.2. The van der Waals surface area contributed by atoms with E-state index in [4.69, 9.17) is 0 Å². The fourth-order valence-electron chi connectivity index (χ4n) is 1.02. The summed E-state index contributed by atoms with van der Waals surface area (Å²) in [6.07, 6.45) is 0. The van der Waals surface area contributed by atoms with Crippen molar-refractivity contribution in [2.24, 2.45) is 7.05 Å². The van der Waals surface area contributed by atoms with E-state index >= 15 is 0 Å². The van der Waals surface area contributed by atoms with Crippen LogP contribution in [0.4, 0.5) is 0 Å². The summed E-state index contributed by atoms with van der Waals surface area (Å²) in [7, 11) is 4.56. The van der Waals surface area contributed by atoms with Gasteiger partial charge in [0.15, 0.2) is 0 Å². The minimum atomic E-state index is -0.345. The molecule has 0 spiro atoms. The topological polar surface area (TPSA) is 31.2 Å². The quantitative estimate of drug-likeness (QED) is 0.451. The highest BCUT2D eigenvalue weighted by Gasteiger charge is 2.10. The molecule has 1 heterocycles. The minimum Gasteiger partial charge on any atom is -0.464 e. The van der Waals surface area contributed by atoms with Gasteiger partial charge in [-0.25, -0.2) is 4.79 Å². The van der Waals surface area contributed by atoms with Crippen LogP contribution in [-0.4, -0.2) is 17.6 Å². The predicted octanol–water partition coefficient (Wildman–Crippen LogP) is 2.20. The molecule has 0 saturated heterocycles. The van der Waals surface area contributed by atoms with E-state index in [9.17, 15) is 4.79 Å². The Balaban J connectivity index is 3.02. The SMILES string of the molecule is COC(=O)c1ccc(C#CSI)n1C. The molecule has 1 rings (SSSR count). The van der Waals surface area contributed by atoms with Gasteiger partial charge in [0.05, 0.1) is 12.8 Å². The lowest BCUT2D eigenvalue weighted by atomic mass is 10.4. The van der Waals surface area contributed by atoms with Gasteiger partial charge in [0.25, 0.3) is 0 Å². The number of esters is 1. The fraction of sp³-hybridized carbons (Fsp3) is 0.222. The monoisotopic (exact) mass is 321 g/mol. The van der Waals surface area contributed by atoms with E-state index in [1.54, 1.807) is 23.7 Å². The summed E-state index contributed by atoms with van der Waals surface area (Å²) in [5.74, 6) is 2.58. The Labute approximate surface area is 98.8 Å². The molecule has 5 heteroatoms. The predicted molar refractivity (Wildman–Crippen MR) is 65.2 cm³/mol. The van der Waals surface area contributed by atoms with Crippen LogP contribution in [0, 0.1) is 11.2 Å². The van der Waals surface area contributed by atoms with Gasteiger partial charge in [-0.1, -0.05) is 0 Å². The van der Waals surface area contributed by atoms with Crippen molar-refractivity contribution in [3.05, 3.63) is 23.5 Å². The summed E-state index contributed by atoms with van der Waals surface area (Å²) in [5.41, 5.74) is 1.31. The first-order chi connectivity index (χ1) is 6.70. The third-order valence-electron chi connectivity index (χ3n) is 1.73. The molecule has 0 aromatic carbocycles. The van der Waals surface area contributed by atoms with Gasteiger partial charge in [-0.05, 0) is 32.2 Å². The molecular weight excluding hydrogens is 313 g/mol. The van der Waals surface area contributed by atoms with Crippen LogP contribution in [0.15, 0.2) is 12.1 Å². The van der Waals surface area contributed by atoms with E-state index in [0.717, 1.165) is 5.69 Å². The minimum absolute atomic E-state index is 0.345. The molecule has 0 unspecified atom stereocenters. The molecule has 0 saturated carbocycles. The van der Waals surface area contributed by atoms with Crippen molar-refractivity contribution in [3.8, 4) is 11.2 Å². The number of rotatable bonds is 1. The molecule has 0 N–H and O–H groups in total. The van der Waals surface area contributed by atoms with Crippen molar-refractivity contribution in [2.75, 3.05) is 7.11 Å². The standard InChI is InChI=1S/C9H8INO2S/c1-11-7(5-6-14-10)3-4-8(11)9(12)13-2/h3-4H,1-2H3. The summed E-state index contributed by atoms with van der Waals surface area (Å²) >= 11 is 2.10. The van der Waals surface area contributed by atoms with Crippen LogP contribution in [0.3, 0.4) is 0 Å². The number of carbonyl (C=O) groups is 1. The van der Waals surface area contributed by atoms with E-state index < -0.39 is 0 Å². The first-order valence-corrected chi connectivity index (χ1v) is 7.09. The van der Waals surface area contributed by atoms with Gasteiger partial charge in [-0.3, -0.25) is 0 Å². The zero-order valence-electron chi connectivity index (χ0n) is 7.70. The molecule has 0 aliphatic heterocycles. The van der Waals surface area contributed by atoms with Crippen molar-refractivity contribution < 1.29 is 9.53 Å². The van der Waals surface area contributed by atoms with Crippen molar-refractivity contribution in [3.63, 3.8) is 0 Å². The molecule has 1 aromatic rings. The molecule has 0 atom stereocenters. The molecule has 3 nitrogen and oxygen atoms in total. The zero-order chi connectivity index (χ0) is 10.6. The largest absolute Gasteiger partial charge is 0.464 e. The van der Waals surface area contributed by atoms with Crippen LogP contribution in [-0.2, 0) is 11.8 Å². The maximum Gasteiger partial charge on any atom is 0.354 e. The Kier molecular flexibility index (Phi) is 4.35. The molecule has 14 heavy (non-hydrogen) atoms. The first kappa shape index (κ1) is 11.5. The Morgan fingerprint density at radius 1 is 1.64 bits per heavy atom. The van der Waals surface area contributed by atoms with E-state index in [1.165, 1.54) is 16.0 Å². The smallest absolute Gasteiger partial charge is 0.354 e. The zero-order valence-corrected chi connectivity index (χ0v) is 10.7. The number of halogens is 1. The number of hydrogen-bond donors (Lipinski definition) is 0. The molecular formula is C9H8INO2S. The Morgan fingerprint density at radius 3 is 2.93 bits per heavy atom. The third-order valence-corrected chi connectivity index (χ3v) is 2.57. The van der Waals surface area contributed by atoms with Gasteiger partial charge in [0, 0.05) is 28.3 Å². The van der Waals surface area contributed by atoms with Gasteiger partial charge in [-0.15, -0.1) is 0 Å². The second-order valence-corrected chi connectivity index (χ2v) is 4.14. The normalized spacial score (nSPS) is 9.07. The first-order valence-electron chi connectivity index (χ1n) is 3.73. The Bertz CT molecular complexity index is 403. The second-order valence-electron chi connectivity index (χ2n) is 2.46. The van der Waals surface area contributed by atoms with E-state index in [0.29, 0.717) is 5.69 Å². The molecule has 0 aliphatic rings. The lowest BCUT2D eigenvalue weighted by Gasteiger charge is -2.01. The van der Waals surface area contributed by atoms with Crippen molar-refractivity contribution in [1.82, 2.24) is 4.57 Å². The summed E-state index contributed by atoms with van der Waals surface area (Å²) in [6, 6.07) is 3.50. The van der Waals surface area contributed by atoms with Gasteiger partial charge in [-0.2, -0.15) is 0 Å². The average Bonchev–Trinajstić information content (AvgIpc) is 2.56. The van der Waals surface area contributed by atoms with E-state index in [1.807, 2.05) is 0 Å². The van der Waals surface area contributed by atoms with Gasteiger partial charge < -0.3 is 9.30 Å². The van der Waals surface area contributed by atoms with E-state index in [-0.39, 0.29) is 5.97 Å². The molecule has 74 valence electrons. The summed E-state index contributed by atoms with van der Waals surface area (Å²) < 4.78 is 6.33. The van der Waals surface area contributed by atoms with Crippen LogP contribution in [0.25, 0.3) is 0 Å². The molecule has 1 aromatic heterocycles. The highest BCUT2D eigenvalue weighted by molar-refractivity contribution is 14.2. The van der Waals surface area contributed by atoms with Crippen LogP contribution in [0.5, 0.6) is 0 Å². The van der Waals surface area contributed by atoms with Crippen LogP contribution < -0.4 is 0 Å². The van der Waals surface area contributed by atoms with Crippen molar-refractivity contribution in [2.45, 2.75) is 0 Å². The number of methoxy groups -OCH3 is 1. The number of hydrogen-bond acceptors (Lipinski definition) is 3. The highest BCUT2D eigenvalue weighted by atomic mass is 127. The lowest BCUT2D eigenvalue weighted by molar-refractivity contribution is 0.0590. The van der Waals surface area contributed by atoms with Gasteiger partial charge in [0.1, 0.15) is 5.69 Å². The highest BCUT2D eigenvalue weighted by Crippen LogP contribution is 2.10. The van der Waals surface area contributed by atoms with E-state index in [2.05, 4.69) is 37.1 Å². The molecule has 0 bridgehead atoms. The van der Waals surface area contributed by atoms with Crippen molar-refractivity contribution >= 4 is 36.1 Å². The average molecular weight is 321 g/mol. The molecule has 0 radical (unpaired) electrons. The summed E-state index contributed by atoms with van der Waals surface area (Å²) in [4.78, 5) is 11.2. The van der Waals surface area contributed by atoms with Crippen LogP contribution in [0.2, 0.25) is 0 Å². The number of ether oxygens (including phenoxy) is 1. The number of aromatic nitrogens is 1. The van der Waals surface area contributed by atoms with Gasteiger partial charge >= 0.3 is 5.97 Å². The Hall–Kier alpha value is -0.610. The van der Waals surface area contributed by atoms with Crippen LogP contribution in [0.1, 0.15) is 16.2 Å². The second kappa shape index (κ2) is 5.32. The molecule has 0 fully saturated rings. The third kappa shape index (κ3) is 2.45. The summed E-state index contributed by atoms with van der Waals surface area (Å²) in [6.45, 7) is 0. The fourth-order valence-corrected chi connectivity index (χ4v) is 1.49. The van der Waals surface area contributed by atoms with Crippen LogP contribution >= 0.6 is 30.1 Å². The van der Waals surface area contributed by atoms with Gasteiger partial charge in [0.2, 0.25) is 0 Å². The summed E-state index contributed by atoms with van der Waals surface area (Å²) in [5, 5.41) is 2.86. The number of carbonyl (C=O) groups excluding carboxylic acids is 1. The van der Waals surface area contributed by atoms with Crippen molar-refractivity contribution in [1.29, 1.82) is 0 Å². The Morgan fingerprint density at radius 2 is 2.36 bits per heavy atom. The lowest BCUT2D eigenvalue weighted by Crippen LogP contribution is -2.08.